The zero-order chi connectivity index (χ0) is 19.0. The Morgan fingerprint density at radius 2 is 1.04 bits per heavy atom. The highest BCUT2D eigenvalue weighted by atomic mass is 16.3. The van der Waals surface area contributed by atoms with Crippen LogP contribution in [0.15, 0.2) is 48.5 Å². The summed E-state index contributed by atoms with van der Waals surface area (Å²) < 4.78 is 0. The molecule has 0 unspecified atom stereocenters. The molecule has 3 aromatic carbocycles. The van der Waals surface area contributed by atoms with Crippen LogP contribution in [0.3, 0.4) is 0 Å². The van der Waals surface area contributed by atoms with Crippen LogP contribution in [0.5, 0.6) is 17.2 Å². The molecule has 0 heterocycles. The fraction of sp³-hybridized carbons (Fsp3) is 0.217. The summed E-state index contributed by atoms with van der Waals surface area (Å²) in [5.74, 6) is 0.711. The van der Waals surface area contributed by atoms with E-state index in [9.17, 15) is 15.3 Å². The molecule has 0 aliphatic heterocycles. The van der Waals surface area contributed by atoms with Gasteiger partial charge in [0, 0.05) is 5.92 Å². The third-order valence-electron chi connectivity index (χ3n) is 5.24. The maximum Gasteiger partial charge on any atom is 0.118 e. The number of phenolic OH excluding ortho intramolecular Hbond substituents is 3. The predicted molar refractivity (Wildman–Crippen MR) is 104 cm³/mol. The van der Waals surface area contributed by atoms with Crippen molar-refractivity contribution in [2.75, 3.05) is 0 Å². The van der Waals surface area contributed by atoms with E-state index in [0.29, 0.717) is 0 Å². The van der Waals surface area contributed by atoms with Gasteiger partial charge in [-0.15, -0.1) is 0 Å². The Morgan fingerprint density at radius 1 is 0.577 bits per heavy atom. The smallest absolute Gasteiger partial charge is 0.118 e. The maximum absolute atomic E-state index is 10.1. The molecule has 0 radical (unpaired) electrons. The van der Waals surface area contributed by atoms with Gasteiger partial charge in [-0.05, 0) is 97.0 Å². The predicted octanol–water partition coefficient (Wildman–Crippen LogP) is 5.22. The van der Waals surface area contributed by atoms with Gasteiger partial charge in [0.1, 0.15) is 17.2 Å². The van der Waals surface area contributed by atoms with Crippen LogP contribution < -0.4 is 0 Å². The molecule has 0 saturated heterocycles. The topological polar surface area (TPSA) is 60.7 Å². The lowest BCUT2D eigenvalue weighted by Crippen LogP contribution is -2.09. The van der Waals surface area contributed by atoms with Crippen molar-refractivity contribution in [2.45, 2.75) is 33.6 Å². The van der Waals surface area contributed by atoms with E-state index in [1.807, 2.05) is 45.9 Å². The minimum absolute atomic E-state index is 0.0597. The first-order valence-corrected chi connectivity index (χ1v) is 8.67. The molecule has 3 rings (SSSR count). The fourth-order valence-corrected chi connectivity index (χ4v) is 3.61. The zero-order valence-corrected chi connectivity index (χ0v) is 15.5. The average molecular weight is 348 g/mol. The van der Waals surface area contributed by atoms with Gasteiger partial charge in [0.05, 0.1) is 0 Å². The van der Waals surface area contributed by atoms with Crippen molar-refractivity contribution in [1.29, 1.82) is 0 Å². The summed E-state index contributed by atoms with van der Waals surface area (Å²) >= 11 is 0. The molecular formula is C23H24O3. The molecular weight excluding hydrogens is 324 g/mol. The van der Waals surface area contributed by atoms with Gasteiger partial charge in [-0.1, -0.05) is 18.2 Å². The first kappa shape index (κ1) is 17.9. The first-order valence-electron chi connectivity index (χ1n) is 8.67. The van der Waals surface area contributed by atoms with Crippen LogP contribution in [0.4, 0.5) is 0 Å². The lowest BCUT2D eigenvalue weighted by Gasteiger charge is -2.25. The van der Waals surface area contributed by atoms with Crippen molar-refractivity contribution in [3.8, 4) is 17.2 Å². The molecule has 3 nitrogen and oxygen atoms in total. The Bertz CT molecular complexity index is 922. The van der Waals surface area contributed by atoms with Crippen LogP contribution >= 0.6 is 0 Å². The van der Waals surface area contributed by atoms with Gasteiger partial charge in [-0.2, -0.15) is 0 Å². The fourth-order valence-electron chi connectivity index (χ4n) is 3.61. The number of hydrogen-bond acceptors (Lipinski definition) is 3. The Hall–Kier alpha value is -2.94. The van der Waals surface area contributed by atoms with Crippen LogP contribution in [0.2, 0.25) is 0 Å². The summed E-state index contributed by atoms with van der Waals surface area (Å²) in [6, 6.07) is 14.5. The summed E-state index contributed by atoms with van der Waals surface area (Å²) in [7, 11) is 0. The molecule has 0 amide bonds. The minimum Gasteiger partial charge on any atom is -0.508 e. The van der Waals surface area contributed by atoms with Gasteiger partial charge in [0.15, 0.2) is 0 Å². The quantitative estimate of drug-likeness (QED) is 0.569. The number of phenols is 3. The van der Waals surface area contributed by atoms with Crippen molar-refractivity contribution in [1.82, 2.24) is 0 Å². The third-order valence-corrected chi connectivity index (χ3v) is 5.24. The van der Waals surface area contributed by atoms with E-state index in [1.54, 1.807) is 30.3 Å². The minimum atomic E-state index is -0.0597. The number of benzene rings is 3. The molecule has 0 bridgehead atoms. The number of hydrogen-bond donors (Lipinski definition) is 3. The highest BCUT2D eigenvalue weighted by molar-refractivity contribution is 5.55. The molecule has 0 saturated carbocycles. The molecule has 0 atom stereocenters. The Kier molecular flexibility index (Phi) is 4.64. The molecule has 3 N–H and O–H groups in total. The van der Waals surface area contributed by atoms with Gasteiger partial charge in [-0.3, -0.25) is 0 Å². The maximum atomic E-state index is 10.1. The van der Waals surface area contributed by atoms with Crippen LogP contribution in [-0.2, 0) is 0 Å². The summed E-state index contributed by atoms with van der Waals surface area (Å²) in [5, 5.41) is 29.7. The second-order valence-corrected chi connectivity index (χ2v) is 6.94. The van der Waals surface area contributed by atoms with Gasteiger partial charge in [-0.25, -0.2) is 0 Å². The average Bonchev–Trinajstić information content (AvgIpc) is 2.58. The summed E-state index contributed by atoms with van der Waals surface area (Å²) in [5.41, 5.74) is 7.16. The van der Waals surface area contributed by atoms with Crippen LogP contribution in [0, 0.1) is 27.7 Å². The van der Waals surface area contributed by atoms with E-state index < -0.39 is 0 Å². The standard InChI is InChI=1S/C23H24O3/c1-13-11-17(24)5-7-19(13)23(20-8-6-18(25)12-14(20)2)21-9-10-22(26)16(4)15(21)3/h5-12,23-26H,1-4H3. The second-order valence-electron chi connectivity index (χ2n) is 6.94. The zero-order valence-electron chi connectivity index (χ0n) is 15.5. The van der Waals surface area contributed by atoms with E-state index >= 15 is 0 Å². The molecule has 3 heteroatoms. The largest absolute Gasteiger partial charge is 0.508 e. The third kappa shape index (κ3) is 3.13. The Balaban J connectivity index is 2.31. The summed E-state index contributed by atoms with van der Waals surface area (Å²) in [6.07, 6.45) is 0. The highest BCUT2D eigenvalue weighted by Crippen LogP contribution is 2.40. The number of aromatic hydroxyl groups is 3. The molecule has 3 aromatic rings. The van der Waals surface area contributed by atoms with Crippen LogP contribution in [-0.4, -0.2) is 15.3 Å². The molecule has 0 aromatic heterocycles. The van der Waals surface area contributed by atoms with Crippen molar-refractivity contribution in [2.24, 2.45) is 0 Å². The van der Waals surface area contributed by atoms with Gasteiger partial charge in [0.25, 0.3) is 0 Å². The van der Waals surface area contributed by atoms with Gasteiger partial charge in [0.2, 0.25) is 0 Å². The Labute approximate surface area is 154 Å². The number of rotatable bonds is 3. The molecule has 0 aliphatic carbocycles. The summed E-state index contributed by atoms with van der Waals surface area (Å²) in [4.78, 5) is 0. The van der Waals surface area contributed by atoms with Crippen molar-refractivity contribution in [3.05, 3.63) is 87.5 Å². The van der Waals surface area contributed by atoms with Crippen molar-refractivity contribution >= 4 is 0 Å². The monoisotopic (exact) mass is 348 g/mol. The molecule has 134 valence electrons. The normalized spacial score (nSPS) is 11.1. The Morgan fingerprint density at radius 3 is 1.50 bits per heavy atom. The SMILES string of the molecule is Cc1cc(O)ccc1C(c1ccc(O)cc1C)c1ccc(O)c(C)c1C. The first-order chi connectivity index (χ1) is 12.3. The van der Waals surface area contributed by atoms with Crippen LogP contribution in [0.25, 0.3) is 0 Å². The lowest BCUT2D eigenvalue weighted by atomic mass is 9.79. The molecule has 0 aliphatic rings. The molecule has 0 fully saturated rings. The second kappa shape index (κ2) is 6.75. The highest BCUT2D eigenvalue weighted by Gasteiger charge is 2.23. The van der Waals surface area contributed by atoms with E-state index in [-0.39, 0.29) is 23.2 Å². The van der Waals surface area contributed by atoms with Gasteiger partial charge >= 0.3 is 0 Å². The van der Waals surface area contributed by atoms with E-state index in [0.717, 1.165) is 38.9 Å². The van der Waals surface area contributed by atoms with Gasteiger partial charge < -0.3 is 15.3 Å². The van der Waals surface area contributed by atoms with Crippen LogP contribution in [0.1, 0.15) is 44.9 Å². The lowest BCUT2D eigenvalue weighted by molar-refractivity contribution is 0.470. The summed E-state index contributed by atoms with van der Waals surface area (Å²) in [6.45, 7) is 7.91. The van der Waals surface area contributed by atoms with Crippen molar-refractivity contribution in [3.63, 3.8) is 0 Å². The van der Waals surface area contributed by atoms with Crippen molar-refractivity contribution < 1.29 is 15.3 Å². The van der Waals surface area contributed by atoms with E-state index in [1.165, 1.54) is 0 Å². The number of aryl methyl sites for hydroxylation is 2. The van der Waals surface area contributed by atoms with E-state index in [4.69, 9.17) is 0 Å². The van der Waals surface area contributed by atoms with E-state index in [2.05, 4.69) is 0 Å². The molecule has 26 heavy (non-hydrogen) atoms. The molecule has 0 spiro atoms.